The number of piperidine rings is 1. The van der Waals surface area contributed by atoms with Gasteiger partial charge < -0.3 is 15.2 Å². The molecule has 1 atom stereocenters. The summed E-state index contributed by atoms with van der Waals surface area (Å²) < 4.78 is 0. The molecule has 1 aliphatic heterocycles. The lowest BCUT2D eigenvalue weighted by Crippen LogP contribution is -2.35. The van der Waals surface area contributed by atoms with E-state index < -0.39 is 0 Å². The highest BCUT2D eigenvalue weighted by Gasteiger charge is 2.16. The maximum atomic E-state index is 11.0. The van der Waals surface area contributed by atoms with Crippen molar-refractivity contribution in [3.63, 3.8) is 0 Å². The minimum absolute atomic E-state index is 0.113. The quantitative estimate of drug-likeness (QED) is 0.783. The van der Waals surface area contributed by atoms with Gasteiger partial charge >= 0.3 is 0 Å². The van der Waals surface area contributed by atoms with Crippen LogP contribution in [0.5, 0.6) is 0 Å². The second-order valence-corrected chi connectivity index (χ2v) is 4.45. The lowest BCUT2D eigenvalue weighted by atomic mass is 9.98. The predicted octanol–water partition coefficient (Wildman–Crippen LogP) is 0.524. The Morgan fingerprint density at radius 2 is 2.56 bits per heavy atom. The summed E-state index contributed by atoms with van der Waals surface area (Å²) in [5, 5.41) is 3.22. The molecule has 0 radical (unpaired) electrons. The van der Waals surface area contributed by atoms with Gasteiger partial charge in [-0.05, 0) is 32.4 Å². The molecule has 1 aromatic rings. The van der Waals surface area contributed by atoms with E-state index in [4.69, 9.17) is 0 Å². The van der Waals surface area contributed by atoms with Crippen LogP contribution in [-0.4, -0.2) is 41.5 Å². The summed E-state index contributed by atoms with van der Waals surface area (Å²) in [5.41, 5.74) is -0.113. The highest BCUT2D eigenvalue weighted by Crippen LogP contribution is 2.15. The summed E-state index contributed by atoms with van der Waals surface area (Å²) in [6, 6.07) is 1.49. The van der Waals surface area contributed by atoms with Gasteiger partial charge in [0.1, 0.15) is 5.82 Å². The van der Waals surface area contributed by atoms with Gasteiger partial charge in [-0.3, -0.25) is 4.79 Å². The Labute approximate surface area is 94.9 Å². The van der Waals surface area contributed by atoms with Crippen LogP contribution in [0, 0.1) is 5.92 Å². The zero-order valence-corrected chi connectivity index (χ0v) is 9.57. The third-order valence-corrected chi connectivity index (χ3v) is 2.97. The fourth-order valence-corrected chi connectivity index (χ4v) is 2.15. The standard InChI is InChI=1S/C11H18N4O/c1-15-4-2-3-9(7-15)6-12-10-5-11(16)14-8-13-10/h5,8-9H,2-4,6-7H2,1H3,(H2,12,13,14,16). The number of hydrogen-bond acceptors (Lipinski definition) is 4. The van der Waals surface area contributed by atoms with Gasteiger partial charge in [0.25, 0.3) is 5.56 Å². The summed E-state index contributed by atoms with van der Waals surface area (Å²) in [4.78, 5) is 20.0. The average molecular weight is 222 g/mol. The Morgan fingerprint density at radius 3 is 3.31 bits per heavy atom. The SMILES string of the molecule is CN1CCCC(CNc2cc(=O)[nH]cn2)C1. The molecule has 2 N–H and O–H groups in total. The van der Waals surface area contributed by atoms with Gasteiger partial charge in [-0.15, -0.1) is 0 Å². The van der Waals surface area contributed by atoms with E-state index >= 15 is 0 Å². The molecule has 1 fully saturated rings. The molecule has 0 amide bonds. The number of aromatic amines is 1. The van der Waals surface area contributed by atoms with Crippen molar-refractivity contribution in [2.75, 3.05) is 32.0 Å². The number of nitrogens with one attached hydrogen (secondary N) is 2. The van der Waals surface area contributed by atoms with Crippen molar-refractivity contribution >= 4 is 5.82 Å². The maximum absolute atomic E-state index is 11.0. The van der Waals surface area contributed by atoms with E-state index in [-0.39, 0.29) is 5.56 Å². The second-order valence-electron chi connectivity index (χ2n) is 4.45. The zero-order valence-electron chi connectivity index (χ0n) is 9.57. The van der Waals surface area contributed by atoms with Crippen LogP contribution >= 0.6 is 0 Å². The van der Waals surface area contributed by atoms with Gasteiger partial charge in [0.2, 0.25) is 0 Å². The van der Waals surface area contributed by atoms with Crippen LogP contribution in [-0.2, 0) is 0 Å². The Kier molecular flexibility index (Phi) is 3.56. The van der Waals surface area contributed by atoms with Gasteiger partial charge in [0.15, 0.2) is 0 Å². The van der Waals surface area contributed by atoms with Crippen molar-refractivity contribution in [1.82, 2.24) is 14.9 Å². The van der Waals surface area contributed by atoms with Crippen molar-refractivity contribution in [2.24, 2.45) is 5.92 Å². The molecule has 1 aromatic heterocycles. The van der Waals surface area contributed by atoms with Crippen LogP contribution in [0.3, 0.4) is 0 Å². The van der Waals surface area contributed by atoms with Gasteiger partial charge in [-0.2, -0.15) is 0 Å². The second kappa shape index (κ2) is 5.12. The van der Waals surface area contributed by atoms with Crippen LogP contribution in [0.15, 0.2) is 17.2 Å². The Hall–Kier alpha value is -1.36. The topological polar surface area (TPSA) is 61.0 Å². The predicted molar refractivity (Wildman–Crippen MR) is 63.6 cm³/mol. The van der Waals surface area contributed by atoms with Crippen LogP contribution in [0.1, 0.15) is 12.8 Å². The van der Waals surface area contributed by atoms with Crippen LogP contribution in [0.4, 0.5) is 5.82 Å². The lowest BCUT2D eigenvalue weighted by Gasteiger charge is -2.29. The minimum atomic E-state index is -0.113. The summed E-state index contributed by atoms with van der Waals surface area (Å²) in [5.74, 6) is 1.32. The van der Waals surface area contributed by atoms with Gasteiger partial charge in [0, 0.05) is 19.2 Å². The normalized spacial score (nSPS) is 21.9. The van der Waals surface area contributed by atoms with Crippen molar-refractivity contribution < 1.29 is 0 Å². The highest BCUT2D eigenvalue weighted by molar-refractivity contribution is 5.31. The molecule has 1 aliphatic rings. The summed E-state index contributed by atoms with van der Waals surface area (Å²) in [6.45, 7) is 3.21. The first kappa shape index (κ1) is 11.1. The van der Waals surface area contributed by atoms with E-state index in [0.29, 0.717) is 11.7 Å². The first-order valence-electron chi connectivity index (χ1n) is 5.71. The first-order valence-corrected chi connectivity index (χ1v) is 5.71. The van der Waals surface area contributed by atoms with Crippen LogP contribution in [0.25, 0.3) is 0 Å². The van der Waals surface area contributed by atoms with E-state index in [2.05, 4.69) is 27.2 Å². The number of anilines is 1. The van der Waals surface area contributed by atoms with E-state index in [9.17, 15) is 4.79 Å². The van der Waals surface area contributed by atoms with Crippen molar-refractivity contribution in [3.05, 3.63) is 22.7 Å². The van der Waals surface area contributed by atoms with Gasteiger partial charge in [-0.1, -0.05) is 0 Å². The fourth-order valence-electron chi connectivity index (χ4n) is 2.15. The number of likely N-dealkylation sites (tertiary alicyclic amines) is 1. The Balaban J connectivity index is 1.85. The molecule has 0 bridgehead atoms. The summed E-state index contributed by atoms with van der Waals surface area (Å²) >= 11 is 0. The number of nitrogens with zero attached hydrogens (tertiary/aromatic N) is 2. The molecule has 5 nitrogen and oxygen atoms in total. The Morgan fingerprint density at radius 1 is 1.69 bits per heavy atom. The van der Waals surface area contributed by atoms with Crippen LogP contribution < -0.4 is 10.9 Å². The van der Waals surface area contributed by atoms with Crippen molar-refractivity contribution in [1.29, 1.82) is 0 Å². The van der Waals surface area contributed by atoms with E-state index in [1.54, 1.807) is 0 Å². The summed E-state index contributed by atoms with van der Waals surface area (Å²) in [6.07, 6.45) is 3.93. The Bertz CT molecular complexity index is 390. The monoisotopic (exact) mass is 222 g/mol. The first-order chi connectivity index (χ1) is 7.74. The molecule has 16 heavy (non-hydrogen) atoms. The number of aromatic nitrogens is 2. The third kappa shape index (κ3) is 3.06. The third-order valence-electron chi connectivity index (χ3n) is 2.97. The zero-order chi connectivity index (χ0) is 11.4. The molecule has 1 saturated heterocycles. The average Bonchev–Trinajstić information content (AvgIpc) is 2.27. The molecule has 1 unspecified atom stereocenters. The lowest BCUT2D eigenvalue weighted by molar-refractivity contribution is 0.217. The van der Waals surface area contributed by atoms with Crippen LogP contribution in [0.2, 0.25) is 0 Å². The molecule has 0 aromatic carbocycles. The number of rotatable bonds is 3. The molecule has 5 heteroatoms. The molecular weight excluding hydrogens is 204 g/mol. The van der Waals surface area contributed by atoms with E-state index in [1.165, 1.54) is 31.8 Å². The number of hydrogen-bond donors (Lipinski definition) is 2. The highest BCUT2D eigenvalue weighted by atomic mass is 16.1. The molecule has 2 heterocycles. The van der Waals surface area contributed by atoms with Gasteiger partial charge in [0.05, 0.1) is 6.33 Å². The summed E-state index contributed by atoms with van der Waals surface area (Å²) in [7, 11) is 2.15. The molecule has 0 saturated carbocycles. The van der Waals surface area contributed by atoms with Gasteiger partial charge in [-0.25, -0.2) is 4.98 Å². The molecule has 2 rings (SSSR count). The molecular formula is C11H18N4O. The largest absolute Gasteiger partial charge is 0.370 e. The van der Waals surface area contributed by atoms with E-state index in [1.807, 2.05) is 0 Å². The number of H-pyrrole nitrogens is 1. The molecule has 88 valence electrons. The van der Waals surface area contributed by atoms with E-state index in [0.717, 1.165) is 13.1 Å². The molecule has 0 spiro atoms. The molecule has 0 aliphatic carbocycles. The smallest absolute Gasteiger partial charge is 0.252 e. The minimum Gasteiger partial charge on any atom is -0.370 e. The van der Waals surface area contributed by atoms with Crippen molar-refractivity contribution in [2.45, 2.75) is 12.8 Å². The van der Waals surface area contributed by atoms with Crippen molar-refractivity contribution in [3.8, 4) is 0 Å². The maximum Gasteiger partial charge on any atom is 0.252 e. The fraction of sp³-hybridized carbons (Fsp3) is 0.636.